The predicted molar refractivity (Wildman–Crippen MR) is 72.8 cm³/mol. The second-order valence-corrected chi connectivity index (χ2v) is 5.61. The van der Waals surface area contributed by atoms with Crippen LogP contribution in [-0.4, -0.2) is 12.1 Å². The molecule has 1 aliphatic rings. The van der Waals surface area contributed by atoms with Gasteiger partial charge in [0.1, 0.15) is 0 Å². The molecule has 1 rings (SSSR count). The first-order valence-electron chi connectivity index (χ1n) is 7.59. The third kappa shape index (κ3) is 6.52. The minimum absolute atomic E-state index is 0.767. The molecular weight excluding hydrogens is 194 g/mol. The average molecular weight is 225 g/mol. The van der Waals surface area contributed by atoms with Gasteiger partial charge in [0.05, 0.1) is 0 Å². The Balaban J connectivity index is 1.86. The van der Waals surface area contributed by atoms with E-state index in [1.807, 2.05) is 0 Å². The highest BCUT2D eigenvalue weighted by molar-refractivity contribution is 4.77. The molecule has 0 bridgehead atoms. The van der Waals surface area contributed by atoms with Crippen molar-refractivity contribution in [3.8, 4) is 0 Å². The summed E-state index contributed by atoms with van der Waals surface area (Å²) in [7, 11) is 0. The molecule has 1 nitrogen and oxygen atoms in total. The molecule has 1 aliphatic heterocycles. The summed E-state index contributed by atoms with van der Waals surface area (Å²) >= 11 is 0. The predicted octanol–water partition coefficient (Wildman–Crippen LogP) is 4.66. The molecule has 1 N–H and O–H groups in total. The van der Waals surface area contributed by atoms with Crippen LogP contribution in [0.15, 0.2) is 0 Å². The molecule has 0 aromatic carbocycles. The van der Waals surface area contributed by atoms with E-state index in [1.165, 1.54) is 70.6 Å². The Morgan fingerprint density at radius 1 is 0.938 bits per heavy atom. The Labute approximate surface area is 102 Å². The molecule has 1 fully saturated rings. The minimum Gasteiger partial charge on any atom is -0.312 e. The fourth-order valence-electron chi connectivity index (χ4n) is 2.81. The van der Waals surface area contributed by atoms with Gasteiger partial charge in [0.15, 0.2) is 0 Å². The highest BCUT2D eigenvalue weighted by Crippen LogP contribution is 2.17. The number of piperidine rings is 1. The van der Waals surface area contributed by atoms with Crippen LogP contribution in [-0.2, 0) is 0 Å². The number of hydrogen-bond donors (Lipinski definition) is 1. The van der Waals surface area contributed by atoms with Gasteiger partial charge in [-0.1, -0.05) is 58.3 Å². The zero-order chi connectivity index (χ0) is 11.6. The van der Waals surface area contributed by atoms with Crippen LogP contribution in [0.2, 0.25) is 0 Å². The first kappa shape index (κ1) is 14.0. The lowest BCUT2D eigenvalue weighted by Crippen LogP contribution is -2.40. The monoisotopic (exact) mass is 225 g/mol. The molecule has 0 unspecified atom stereocenters. The van der Waals surface area contributed by atoms with Crippen LogP contribution in [0, 0.1) is 0 Å². The zero-order valence-electron chi connectivity index (χ0n) is 11.4. The SMILES string of the molecule is CCCCCCCCC[C@@H]1CCC[C@@H](C)N1. The molecule has 0 aromatic rings. The van der Waals surface area contributed by atoms with Crippen molar-refractivity contribution in [2.75, 3.05) is 0 Å². The van der Waals surface area contributed by atoms with Gasteiger partial charge >= 0.3 is 0 Å². The van der Waals surface area contributed by atoms with E-state index in [4.69, 9.17) is 0 Å². The molecule has 2 atom stereocenters. The standard InChI is InChI=1S/C15H31N/c1-3-4-5-6-7-8-9-12-15-13-10-11-14(2)16-15/h14-16H,3-13H2,1-2H3/t14-,15-/m1/s1. The van der Waals surface area contributed by atoms with Crippen LogP contribution in [0.4, 0.5) is 0 Å². The highest BCUT2D eigenvalue weighted by Gasteiger charge is 2.16. The van der Waals surface area contributed by atoms with Crippen molar-refractivity contribution >= 4 is 0 Å². The first-order chi connectivity index (χ1) is 7.83. The smallest absolute Gasteiger partial charge is 0.00695 e. The maximum Gasteiger partial charge on any atom is 0.00695 e. The van der Waals surface area contributed by atoms with Crippen LogP contribution in [0.5, 0.6) is 0 Å². The Morgan fingerprint density at radius 2 is 1.62 bits per heavy atom. The summed E-state index contributed by atoms with van der Waals surface area (Å²) in [5.41, 5.74) is 0. The van der Waals surface area contributed by atoms with Gasteiger partial charge in [0.2, 0.25) is 0 Å². The Morgan fingerprint density at radius 3 is 2.31 bits per heavy atom. The van der Waals surface area contributed by atoms with Crippen molar-refractivity contribution in [2.45, 2.75) is 96.6 Å². The summed E-state index contributed by atoms with van der Waals surface area (Å²) in [5, 5.41) is 3.73. The van der Waals surface area contributed by atoms with Crippen LogP contribution in [0.1, 0.15) is 84.5 Å². The van der Waals surface area contributed by atoms with Crippen molar-refractivity contribution < 1.29 is 0 Å². The summed E-state index contributed by atoms with van der Waals surface area (Å²) in [4.78, 5) is 0. The van der Waals surface area contributed by atoms with E-state index < -0.39 is 0 Å². The Kier molecular flexibility index (Phi) is 7.92. The number of unbranched alkanes of at least 4 members (excludes halogenated alkanes) is 6. The van der Waals surface area contributed by atoms with E-state index in [0.29, 0.717) is 0 Å². The van der Waals surface area contributed by atoms with Gasteiger partial charge in [-0.25, -0.2) is 0 Å². The number of rotatable bonds is 8. The largest absolute Gasteiger partial charge is 0.312 e. The molecule has 16 heavy (non-hydrogen) atoms. The first-order valence-corrected chi connectivity index (χ1v) is 7.59. The quantitative estimate of drug-likeness (QED) is 0.593. The molecule has 0 radical (unpaired) electrons. The van der Waals surface area contributed by atoms with Gasteiger partial charge in [-0.05, 0) is 26.2 Å². The molecule has 0 aromatic heterocycles. The molecule has 0 saturated carbocycles. The lowest BCUT2D eigenvalue weighted by Gasteiger charge is -2.28. The normalized spacial score (nSPS) is 25.9. The second kappa shape index (κ2) is 9.04. The van der Waals surface area contributed by atoms with Crippen molar-refractivity contribution in [2.24, 2.45) is 0 Å². The van der Waals surface area contributed by atoms with Gasteiger partial charge in [0.25, 0.3) is 0 Å². The van der Waals surface area contributed by atoms with E-state index in [1.54, 1.807) is 0 Å². The molecular formula is C15H31N. The molecule has 1 heteroatoms. The lowest BCUT2D eigenvalue weighted by molar-refractivity contribution is 0.314. The Hall–Kier alpha value is -0.0400. The fourth-order valence-corrected chi connectivity index (χ4v) is 2.81. The van der Waals surface area contributed by atoms with E-state index in [9.17, 15) is 0 Å². The molecule has 1 heterocycles. The van der Waals surface area contributed by atoms with Crippen LogP contribution < -0.4 is 5.32 Å². The third-order valence-corrected chi connectivity index (χ3v) is 3.87. The van der Waals surface area contributed by atoms with Crippen LogP contribution in [0.3, 0.4) is 0 Å². The Bertz CT molecular complexity index is 156. The summed E-state index contributed by atoms with van der Waals surface area (Å²) in [5.74, 6) is 0. The summed E-state index contributed by atoms with van der Waals surface area (Å²) in [6.45, 7) is 4.62. The lowest BCUT2D eigenvalue weighted by atomic mass is 9.95. The molecule has 0 amide bonds. The van der Waals surface area contributed by atoms with Crippen LogP contribution >= 0.6 is 0 Å². The van der Waals surface area contributed by atoms with Gasteiger partial charge < -0.3 is 5.32 Å². The summed E-state index contributed by atoms with van der Waals surface area (Å²) < 4.78 is 0. The molecule has 96 valence electrons. The van der Waals surface area contributed by atoms with E-state index in [2.05, 4.69) is 19.2 Å². The molecule has 0 spiro atoms. The summed E-state index contributed by atoms with van der Waals surface area (Å²) in [6, 6.07) is 1.60. The minimum atomic E-state index is 0.767. The second-order valence-electron chi connectivity index (χ2n) is 5.61. The molecule has 0 aliphatic carbocycles. The van der Waals surface area contributed by atoms with Gasteiger partial charge in [-0.2, -0.15) is 0 Å². The summed E-state index contributed by atoms with van der Waals surface area (Å²) in [6.07, 6.45) is 15.7. The zero-order valence-corrected chi connectivity index (χ0v) is 11.4. The van der Waals surface area contributed by atoms with Crippen molar-refractivity contribution in [1.82, 2.24) is 5.32 Å². The van der Waals surface area contributed by atoms with Gasteiger partial charge in [-0.15, -0.1) is 0 Å². The maximum absolute atomic E-state index is 3.73. The maximum atomic E-state index is 3.73. The number of hydrogen-bond acceptors (Lipinski definition) is 1. The van der Waals surface area contributed by atoms with E-state index in [-0.39, 0.29) is 0 Å². The van der Waals surface area contributed by atoms with E-state index in [0.717, 1.165) is 12.1 Å². The average Bonchev–Trinajstić information content (AvgIpc) is 2.28. The highest BCUT2D eigenvalue weighted by atomic mass is 15.0. The van der Waals surface area contributed by atoms with Gasteiger partial charge in [-0.3, -0.25) is 0 Å². The molecule has 1 saturated heterocycles. The number of nitrogens with one attached hydrogen (secondary N) is 1. The van der Waals surface area contributed by atoms with Crippen molar-refractivity contribution in [3.63, 3.8) is 0 Å². The van der Waals surface area contributed by atoms with Crippen molar-refractivity contribution in [1.29, 1.82) is 0 Å². The topological polar surface area (TPSA) is 12.0 Å². The fraction of sp³-hybridized carbons (Fsp3) is 1.00. The van der Waals surface area contributed by atoms with Crippen molar-refractivity contribution in [3.05, 3.63) is 0 Å². The van der Waals surface area contributed by atoms with Crippen LogP contribution in [0.25, 0.3) is 0 Å². The third-order valence-electron chi connectivity index (χ3n) is 3.87. The van der Waals surface area contributed by atoms with E-state index >= 15 is 0 Å². The van der Waals surface area contributed by atoms with Gasteiger partial charge in [0, 0.05) is 12.1 Å².